The van der Waals surface area contributed by atoms with Crippen LogP contribution in [0.2, 0.25) is 0 Å². The van der Waals surface area contributed by atoms with Crippen LogP contribution in [0, 0.1) is 26.2 Å². The third-order valence-electron chi connectivity index (χ3n) is 6.87. The fraction of sp³-hybridized carbons (Fsp3) is 0.267. The van der Waals surface area contributed by atoms with Crippen LogP contribution in [0.5, 0.6) is 0 Å². The Morgan fingerprint density at radius 2 is 2.02 bits per heavy atom. The highest BCUT2D eigenvalue weighted by molar-refractivity contribution is 14.1. The molecule has 2 aliphatic rings. The van der Waals surface area contributed by atoms with Crippen LogP contribution >= 0.6 is 45.7 Å². The quantitative estimate of drug-likeness (QED) is 0.169. The van der Waals surface area contributed by atoms with Gasteiger partial charge in [0.2, 0.25) is 5.88 Å². The Bertz CT molecular complexity index is 1620. The predicted molar refractivity (Wildman–Crippen MR) is 163 cm³/mol. The van der Waals surface area contributed by atoms with E-state index in [9.17, 15) is 15.3 Å². The number of nitriles is 2. The number of hydrogen-bond donors (Lipinski definition) is 1. The zero-order valence-electron chi connectivity index (χ0n) is 21.7. The van der Waals surface area contributed by atoms with Crippen molar-refractivity contribution in [3.63, 3.8) is 0 Å². The number of ether oxygens (including phenoxy) is 2. The maximum atomic E-state index is 13.4. The maximum Gasteiger partial charge on any atom is 0.338 e. The Morgan fingerprint density at radius 1 is 1.23 bits per heavy atom. The van der Waals surface area contributed by atoms with Gasteiger partial charge in [-0.25, -0.2) is 9.78 Å². The summed E-state index contributed by atoms with van der Waals surface area (Å²) < 4.78 is 12.3. The van der Waals surface area contributed by atoms with Crippen molar-refractivity contribution in [2.75, 3.05) is 12.4 Å². The van der Waals surface area contributed by atoms with E-state index < -0.39 is 11.9 Å². The largest absolute Gasteiger partial charge is 0.463 e. The number of pyridine rings is 1. The average molecular weight is 681 g/mol. The zero-order valence-corrected chi connectivity index (χ0v) is 25.5. The first-order valence-electron chi connectivity index (χ1n) is 12.8. The molecular formula is C30H25IN4O3S2. The molecule has 1 atom stereocenters. The van der Waals surface area contributed by atoms with Gasteiger partial charge in [0.05, 0.1) is 29.4 Å². The number of rotatable bonds is 7. The Kier molecular flexibility index (Phi) is 8.79. The Hall–Kier alpha value is -3.32. The molecule has 1 aliphatic heterocycles. The summed E-state index contributed by atoms with van der Waals surface area (Å²) in [4.78, 5) is 19.4. The second kappa shape index (κ2) is 12.5. The number of carbonyl (C=O) groups excluding carboxylic acids is 1. The highest BCUT2D eigenvalue weighted by atomic mass is 127. The standard InChI is InChI=1S/C30H25IN4O3S2/c1-2-37-30(36)27-23(38-28(34)19(14-32)26(27)17-8-3-5-10-21(17)31)16-40-29-20(15-33)25(24-12-7-13-39-24)18-9-4-6-11-22(18)35-29/h3,5,7-8,10,12-13,26H,2,4,6,9,11,16,34H2,1H3/t26-/m1/s1. The van der Waals surface area contributed by atoms with Gasteiger partial charge in [-0.05, 0) is 83.8 Å². The van der Waals surface area contributed by atoms with Gasteiger partial charge in [0.15, 0.2) is 0 Å². The lowest BCUT2D eigenvalue weighted by Crippen LogP contribution is -2.27. The SMILES string of the molecule is CCOC(=O)C1=C(CSc2nc3c(c(-c4cccs4)c2C#N)CCCC3)OC(N)=C(C#N)[C@H]1c1ccccc1I. The van der Waals surface area contributed by atoms with Crippen molar-refractivity contribution in [1.29, 1.82) is 10.5 Å². The van der Waals surface area contributed by atoms with E-state index in [1.165, 1.54) is 11.8 Å². The fourth-order valence-electron chi connectivity index (χ4n) is 5.13. The van der Waals surface area contributed by atoms with E-state index in [2.05, 4.69) is 34.7 Å². The molecule has 0 radical (unpaired) electrons. The summed E-state index contributed by atoms with van der Waals surface area (Å²) in [5.74, 6) is -0.881. The van der Waals surface area contributed by atoms with Gasteiger partial charge in [-0.15, -0.1) is 11.3 Å². The summed E-state index contributed by atoms with van der Waals surface area (Å²) in [5.41, 5.74) is 11.1. The molecule has 0 saturated carbocycles. The molecule has 0 bridgehead atoms. The van der Waals surface area contributed by atoms with Gasteiger partial charge in [0, 0.05) is 19.7 Å². The lowest BCUT2D eigenvalue weighted by molar-refractivity contribution is -0.139. The molecule has 0 amide bonds. The van der Waals surface area contributed by atoms with E-state index in [-0.39, 0.29) is 29.4 Å². The zero-order chi connectivity index (χ0) is 28.2. The molecule has 1 aliphatic carbocycles. The van der Waals surface area contributed by atoms with Gasteiger partial charge in [-0.1, -0.05) is 36.0 Å². The van der Waals surface area contributed by atoms with E-state index in [4.69, 9.17) is 20.2 Å². The van der Waals surface area contributed by atoms with Gasteiger partial charge >= 0.3 is 5.97 Å². The second-order valence-electron chi connectivity index (χ2n) is 9.18. The smallest absolute Gasteiger partial charge is 0.338 e. The first kappa shape index (κ1) is 28.2. The molecule has 0 spiro atoms. The topological polar surface area (TPSA) is 122 Å². The number of benzene rings is 1. The van der Waals surface area contributed by atoms with Crippen molar-refractivity contribution in [2.24, 2.45) is 5.73 Å². The second-order valence-corrected chi connectivity index (χ2v) is 12.3. The van der Waals surface area contributed by atoms with Crippen LogP contribution in [0.25, 0.3) is 10.4 Å². The summed E-state index contributed by atoms with van der Waals surface area (Å²) in [6.45, 7) is 1.90. The van der Waals surface area contributed by atoms with Gasteiger partial charge in [0.25, 0.3) is 0 Å². The van der Waals surface area contributed by atoms with Crippen LogP contribution in [0.3, 0.4) is 0 Å². The van der Waals surface area contributed by atoms with Crippen molar-refractivity contribution in [2.45, 2.75) is 43.6 Å². The normalized spacial score (nSPS) is 16.6. The first-order chi connectivity index (χ1) is 19.5. The summed E-state index contributed by atoms with van der Waals surface area (Å²) in [6.07, 6.45) is 3.87. The van der Waals surface area contributed by atoms with Gasteiger partial charge in [-0.2, -0.15) is 10.5 Å². The first-order valence-corrected chi connectivity index (χ1v) is 15.8. The summed E-state index contributed by atoms with van der Waals surface area (Å²) >= 11 is 5.13. The molecular weight excluding hydrogens is 655 g/mol. The third-order valence-corrected chi connectivity index (χ3v) is 9.71. The maximum absolute atomic E-state index is 13.4. The molecule has 3 heterocycles. The van der Waals surface area contributed by atoms with Crippen molar-refractivity contribution in [3.8, 4) is 22.6 Å². The van der Waals surface area contributed by atoms with Gasteiger partial charge in [0.1, 0.15) is 28.5 Å². The number of allylic oxidation sites excluding steroid dienone is 1. The monoisotopic (exact) mass is 680 g/mol. The Morgan fingerprint density at radius 3 is 2.73 bits per heavy atom. The number of halogens is 1. The Balaban J connectivity index is 1.62. The molecule has 0 saturated heterocycles. The van der Waals surface area contributed by atoms with Gasteiger partial charge in [-0.3, -0.25) is 0 Å². The number of carbonyl (C=O) groups is 1. The molecule has 2 aromatic heterocycles. The number of aryl methyl sites for hydroxylation is 1. The van der Waals surface area contributed by atoms with Crippen molar-refractivity contribution >= 4 is 51.7 Å². The lowest BCUT2D eigenvalue weighted by atomic mass is 9.83. The number of fused-ring (bicyclic) bond motifs is 1. The summed E-state index contributed by atoms with van der Waals surface area (Å²) in [7, 11) is 0. The van der Waals surface area contributed by atoms with E-state index >= 15 is 0 Å². The van der Waals surface area contributed by atoms with Crippen LogP contribution in [0.15, 0.2) is 69.6 Å². The van der Waals surface area contributed by atoms with Crippen molar-refractivity contribution in [3.05, 3.63) is 90.5 Å². The molecule has 0 fully saturated rings. The molecule has 40 heavy (non-hydrogen) atoms. The number of hydrogen-bond acceptors (Lipinski definition) is 9. The van der Waals surface area contributed by atoms with Crippen LogP contribution in [-0.2, 0) is 27.1 Å². The molecule has 7 nitrogen and oxygen atoms in total. The fourth-order valence-corrected chi connectivity index (χ4v) is 7.58. The molecule has 10 heteroatoms. The highest BCUT2D eigenvalue weighted by Crippen LogP contribution is 2.44. The van der Waals surface area contributed by atoms with Crippen LogP contribution in [0.4, 0.5) is 0 Å². The van der Waals surface area contributed by atoms with Crippen molar-refractivity contribution < 1.29 is 14.3 Å². The highest BCUT2D eigenvalue weighted by Gasteiger charge is 2.38. The average Bonchev–Trinajstić information content (AvgIpc) is 3.50. The number of aromatic nitrogens is 1. The summed E-state index contributed by atoms with van der Waals surface area (Å²) in [5, 5.41) is 22.9. The van der Waals surface area contributed by atoms with Crippen LogP contribution in [0.1, 0.15) is 48.1 Å². The van der Waals surface area contributed by atoms with E-state index in [1.807, 2.05) is 41.8 Å². The molecule has 2 N–H and O–H groups in total. The number of esters is 1. The van der Waals surface area contributed by atoms with Gasteiger partial charge < -0.3 is 15.2 Å². The number of thiophene rings is 1. The van der Waals surface area contributed by atoms with Crippen LogP contribution in [-0.4, -0.2) is 23.3 Å². The lowest BCUT2D eigenvalue weighted by Gasteiger charge is -2.28. The molecule has 202 valence electrons. The molecule has 1 aromatic carbocycles. The van der Waals surface area contributed by atoms with E-state index in [0.29, 0.717) is 16.3 Å². The minimum atomic E-state index is -0.741. The predicted octanol–water partition coefficient (Wildman–Crippen LogP) is 6.58. The van der Waals surface area contributed by atoms with E-state index in [1.54, 1.807) is 18.3 Å². The third kappa shape index (κ3) is 5.36. The number of thioether (sulfide) groups is 1. The number of nitrogens with two attached hydrogens (primary N) is 1. The minimum Gasteiger partial charge on any atom is -0.463 e. The summed E-state index contributed by atoms with van der Waals surface area (Å²) in [6, 6.07) is 16.1. The van der Waals surface area contributed by atoms with Crippen molar-refractivity contribution in [1.82, 2.24) is 4.98 Å². The molecule has 5 rings (SSSR count). The number of nitrogens with zero attached hydrogens (tertiary/aromatic N) is 3. The van der Waals surface area contributed by atoms with Crippen LogP contribution < -0.4 is 5.73 Å². The molecule has 0 unspecified atom stereocenters. The van der Waals surface area contributed by atoms with E-state index in [0.717, 1.165) is 56.5 Å². The Labute approximate surface area is 254 Å². The minimum absolute atomic E-state index is 0.0472. The molecule has 3 aromatic rings.